The molecule has 1 atom stereocenters. The molecular formula is C13H22N2O2S. The number of hydrogen-bond donors (Lipinski definition) is 1. The van der Waals surface area contributed by atoms with Gasteiger partial charge in [0.1, 0.15) is 0 Å². The van der Waals surface area contributed by atoms with Gasteiger partial charge in [-0.05, 0) is 19.4 Å². The third-order valence-corrected chi connectivity index (χ3v) is 4.38. The minimum atomic E-state index is 0.481. The lowest BCUT2D eigenvalue weighted by atomic mass is 10.0. The van der Waals surface area contributed by atoms with E-state index in [9.17, 15) is 0 Å². The van der Waals surface area contributed by atoms with Gasteiger partial charge in [0.25, 0.3) is 0 Å². The molecule has 102 valence electrons. The molecule has 2 heterocycles. The fraction of sp³-hybridized carbons (Fsp3) is 0.769. The van der Waals surface area contributed by atoms with Crippen LogP contribution in [0.1, 0.15) is 41.3 Å². The highest BCUT2D eigenvalue weighted by molar-refractivity contribution is 7.11. The lowest BCUT2D eigenvalue weighted by Crippen LogP contribution is -2.15. The summed E-state index contributed by atoms with van der Waals surface area (Å²) >= 11 is 1.81. The molecule has 0 amide bonds. The summed E-state index contributed by atoms with van der Waals surface area (Å²) in [6.07, 6.45) is 2.34. The van der Waals surface area contributed by atoms with Crippen LogP contribution in [0.15, 0.2) is 0 Å². The SMILES string of the molecule is CCNCc1sc(C2CCCOC2)nc1COC. The van der Waals surface area contributed by atoms with Crippen molar-refractivity contribution in [3.05, 3.63) is 15.6 Å². The molecule has 0 aromatic carbocycles. The van der Waals surface area contributed by atoms with Crippen molar-refractivity contribution in [2.24, 2.45) is 0 Å². The molecule has 1 aliphatic heterocycles. The predicted molar refractivity (Wildman–Crippen MR) is 73.0 cm³/mol. The largest absolute Gasteiger partial charge is 0.381 e. The Morgan fingerprint density at radius 2 is 2.44 bits per heavy atom. The Bertz CT molecular complexity index is 362. The fourth-order valence-electron chi connectivity index (χ4n) is 2.14. The number of methoxy groups -OCH3 is 1. The Morgan fingerprint density at radius 1 is 1.56 bits per heavy atom. The molecule has 1 aromatic rings. The van der Waals surface area contributed by atoms with E-state index in [1.54, 1.807) is 7.11 Å². The summed E-state index contributed by atoms with van der Waals surface area (Å²) in [6.45, 7) is 6.31. The van der Waals surface area contributed by atoms with E-state index < -0.39 is 0 Å². The second kappa shape index (κ2) is 7.19. The normalized spacial score (nSPS) is 20.2. The summed E-state index contributed by atoms with van der Waals surface area (Å²) in [5.41, 5.74) is 1.09. The van der Waals surface area contributed by atoms with Gasteiger partial charge in [0, 0.05) is 31.1 Å². The molecule has 4 nitrogen and oxygen atoms in total. The van der Waals surface area contributed by atoms with E-state index in [4.69, 9.17) is 14.5 Å². The second-order valence-corrected chi connectivity index (χ2v) is 5.66. The van der Waals surface area contributed by atoms with Gasteiger partial charge in [-0.15, -0.1) is 11.3 Å². The highest BCUT2D eigenvalue weighted by Gasteiger charge is 2.21. The summed E-state index contributed by atoms with van der Waals surface area (Å²) < 4.78 is 10.8. The maximum absolute atomic E-state index is 5.55. The van der Waals surface area contributed by atoms with Crippen LogP contribution in [0, 0.1) is 0 Å². The van der Waals surface area contributed by atoms with Crippen LogP contribution in [0.3, 0.4) is 0 Å². The first-order valence-electron chi connectivity index (χ1n) is 6.61. The van der Waals surface area contributed by atoms with Crippen LogP contribution >= 0.6 is 11.3 Å². The zero-order chi connectivity index (χ0) is 12.8. The van der Waals surface area contributed by atoms with Crippen molar-refractivity contribution in [2.75, 3.05) is 26.9 Å². The van der Waals surface area contributed by atoms with Crippen LogP contribution in [0.5, 0.6) is 0 Å². The lowest BCUT2D eigenvalue weighted by Gasteiger charge is -2.19. The average molecular weight is 270 g/mol. The molecule has 1 aromatic heterocycles. The summed E-state index contributed by atoms with van der Waals surface area (Å²) in [6, 6.07) is 0. The quantitative estimate of drug-likeness (QED) is 0.861. The van der Waals surface area contributed by atoms with E-state index in [0.717, 1.165) is 38.4 Å². The van der Waals surface area contributed by atoms with Gasteiger partial charge in [-0.25, -0.2) is 4.98 Å². The number of rotatable bonds is 6. The summed E-state index contributed by atoms with van der Waals surface area (Å²) in [5, 5.41) is 4.58. The van der Waals surface area contributed by atoms with Crippen molar-refractivity contribution in [1.82, 2.24) is 10.3 Å². The predicted octanol–water partition coefficient (Wildman–Crippen LogP) is 2.29. The third-order valence-electron chi connectivity index (χ3n) is 3.12. The number of thiazole rings is 1. The lowest BCUT2D eigenvalue weighted by molar-refractivity contribution is 0.0802. The van der Waals surface area contributed by atoms with Crippen LogP contribution in [-0.2, 0) is 22.6 Å². The van der Waals surface area contributed by atoms with Gasteiger partial charge in [-0.2, -0.15) is 0 Å². The van der Waals surface area contributed by atoms with Crippen molar-refractivity contribution in [3.63, 3.8) is 0 Å². The van der Waals surface area contributed by atoms with E-state index in [1.165, 1.54) is 16.3 Å². The van der Waals surface area contributed by atoms with Crippen LogP contribution in [0.25, 0.3) is 0 Å². The molecule has 0 bridgehead atoms. The monoisotopic (exact) mass is 270 g/mol. The first-order valence-corrected chi connectivity index (χ1v) is 7.42. The Morgan fingerprint density at radius 3 is 3.11 bits per heavy atom. The van der Waals surface area contributed by atoms with Crippen molar-refractivity contribution in [2.45, 2.75) is 38.8 Å². The van der Waals surface area contributed by atoms with Gasteiger partial charge in [0.2, 0.25) is 0 Å². The fourth-order valence-corrected chi connectivity index (χ4v) is 3.30. The van der Waals surface area contributed by atoms with Gasteiger partial charge in [0.15, 0.2) is 0 Å². The summed E-state index contributed by atoms with van der Waals surface area (Å²) in [7, 11) is 1.72. The van der Waals surface area contributed by atoms with E-state index in [-0.39, 0.29) is 0 Å². The van der Waals surface area contributed by atoms with Crippen LogP contribution in [-0.4, -0.2) is 31.9 Å². The molecule has 1 aliphatic rings. The van der Waals surface area contributed by atoms with Crippen molar-refractivity contribution in [1.29, 1.82) is 0 Å². The molecule has 0 aliphatic carbocycles. The van der Waals surface area contributed by atoms with Crippen molar-refractivity contribution < 1.29 is 9.47 Å². The van der Waals surface area contributed by atoms with Crippen molar-refractivity contribution in [3.8, 4) is 0 Å². The molecule has 1 N–H and O–H groups in total. The highest BCUT2D eigenvalue weighted by atomic mass is 32.1. The second-order valence-electron chi connectivity index (χ2n) is 4.55. The summed E-state index contributed by atoms with van der Waals surface area (Å²) in [4.78, 5) is 6.05. The number of hydrogen-bond acceptors (Lipinski definition) is 5. The number of nitrogens with one attached hydrogen (secondary N) is 1. The first kappa shape index (κ1) is 13.9. The maximum atomic E-state index is 5.55. The standard InChI is InChI=1S/C13H22N2O2S/c1-3-14-7-12-11(9-16-2)15-13(18-12)10-5-4-6-17-8-10/h10,14H,3-9H2,1-2H3. The molecule has 1 fully saturated rings. The molecule has 18 heavy (non-hydrogen) atoms. The first-order chi connectivity index (χ1) is 8.85. The molecule has 0 spiro atoms. The minimum Gasteiger partial charge on any atom is -0.381 e. The number of nitrogens with zero attached hydrogens (tertiary/aromatic N) is 1. The summed E-state index contributed by atoms with van der Waals surface area (Å²) in [5.74, 6) is 0.481. The zero-order valence-electron chi connectivity index (χ0n) is 11.2. The minimum absolute atomic E-state index is 0.481. The molecular weight excluding hydrogens is 248 g/mol. The van der Waals surface area contributed by atoms with Gasteiger partial charge in [0.05, 0.1) is 23.9 Å². The Hall–Kier alpha value is -0.490. The molecule has 1 saturated heterocycles. The highest BCUT2D eigenvalue weighted by Crippen LogP contribution is 2.31. The average Bonchev–Trinajstić information content (AvgIpc) is 2.81. The van der Waals surface area contributed by atoms with E-state index in [0.29, 0.717) is 12.5 Å². The zero-order valence-corrected chi connectivity index (χ0v) is 12.0. The molecule has 5 heteroatoms. The van der Waals surface area contributed by atoms with Crippen LogP contribution in [0.4, 0.5) is 0 Å². The molecule has 2 rings (SSSR count). The van der Waals surface area contributed by atoms with Gasteiger partial charge < -0.3 is 14.8 Å². The number of aromatic nitrogens is 1. The van der Waals surface area contributed by atoms with E-state index in [1.807, 2.05) is 11.3 Å². The van der Waals surface area contributed by atoms with E-state index in [2.05, 4.69) is 12.2 Å². The van der Waals surface area contributed by atoms with Crippen molar-refractivity contribution >= 4 is 11.3 Å². The van der Waals surface area contributed by atoms with E-state index >= 15 is 0 Å². The smallest absolute Gasteiger partial charge is 0.0986 e. The molecule has 0 radical (unpaired) electrons. The van der Waals surface area contributed by atoms with Crippen LogP contribution in [0.2, 0.25) is 0 Å². The van der Waals surface area contributed by atoms with Gasteiger partial charge in [-0.1, -0.05) is 6.92 Å². The van der Waals surface area contributed by atoms with Crippen LogP contribution < -0.4 is 5.32 Å². The Kier molecular flexibility index (Phi) is 5.56. The van der Waals surface area contributed by atoms with Gasteiger partial charge in [-0.3, -0.25) is 0 Å². The Balaban J connectivity index is 2.09. The number of ether oxygens (including phenoxy) is 2. The van der Waals surface area contributed by atoms with Gasteiger partial charge >= 0.3 is 0 Å². The molecule has 1 unspecified atom stereocenters. The maximum Gasteiger partial charge on any atom is 0.0986 e. The third kappa shape index (κ3) is 3.51. The Labute approximate surface area is 113 Å². The topological polar surface area (TPSA) is 43.4 Å². The molecule has 0 saturated carbocycles.